The molecular weight excluding hydrogens is 407 g/mol. The largest absolute Gasteiger partial charge is 0.466 e. The van der Waals surface area contributed by atoms with Crippen molar-refractivity contribution in [1.82, 2.24) is 0 Å². The van der Waals surface area contributed by atoms with E-state index >= 15 is 0 Å². The first-order chi connectivity index (χ1) is 13.3. The minimum atomic E-state index is -1.15. The molecule has 148 valence electrons. The fraction of sp³-hybridized carbons (Fsp3) is 0.368. The molecule has 0 aromatic heterocycles. The number of carbonyl (C=O) groups excluding carboxylic acids is 2. The summed E-state index contributed by atoms with van der Waals surface area (Å²) in [5.74, 6) is -4.05. The van der Waals surface area contributed by atoms with Gasteiger partial charge in [-0.15, -0.1) is 0 Å². The van der Waals surface area contributed by atoms with E-state index in [0.29, 0.717) is 5.56 Å². The highest BCUT2D eigenvalue weighted by atomic mass is 35.5. The number of nitrogens with zero attached hydrogens (tertiary/aromatic N) is 1. The van der Waals surface area contributed by atoms with Crippen LogP contribution in [0, 0.1) is 22.7 Å². The van der Waals surface area contributed by atoms with Gasteiger partial charge in [0.2, 0.25) is 5.90 Å². The molecule has 0 aliphatic carbocycles. The Morgan fingerprint density at radius 3 is 2.54 bits per heavy atom. The average molecular weight is 425 g/mol. The quantitative estimate of drug-likeness (QED) is 0.691. The Kier molecular flexibility index (Phi) is 7.44. The molecule has 0 radical (unpaired) electrons. The van der Waals surface area contributed by atoms with Crippen molar-refractivity contribution in [3.63, 3.8) is 0 Å². The normalized spacial score (nSPS) is 18.9. The van der Waals surface area contributed by atoms with E-state index in [1.165, 1.54) is 0 Å². The van der Waals surface area contributed by atoms with Crippen LogP contribution in [0.25, 0.3) is 0 Å². The summed E-state index contributed by atoms with van der Waals surface area (Å²) in [6.45, 7) is 3.48. The number of rotatable bonds is 6. The second-order valence-corrected chi connectivity index (χ2v) is 6.52. The minimum Gasteiger partial charge on any atom is -0.466 e. The van der Waals surface area contributed by atoms with Crippen molar-refractivity contribution in [3.05, 3.63) is 45.1 Å². The molecule has 9 heteroatoms. The second kappa shape index (κ2) is 9.58. The molecule has 1 aromatic rings. The van der Waals surface area contributed by atoms with Gasteiger partial charge in [0, 0.05) is 5.92 Å². The van der Waals surface area contributed by atoms with Crippen molar-refractivity contribution in [2.24, 2.45) is 5.92 Å². The Morgan fingerprint density at radius 1 is 1.25 bits per heavy atom. The van der Waals surface area contributed by atoms with Gasteiger partial charge in [-0.1, -0.05) is 35.3 Å². The van der Waals surface area contributed by atoms with Crippen LogP contribution in [0.4, 0.5) is 0 Å². The lowest BCUT2D eigenvalue weighted by Crippen LogP contribution is -2.34. The van der Waals surface area contributed by atoms with Crippen LogP contribution in [-0.4, -0.2) is 31.1 Å². The maximum Gasteiger partial charge on any atom is 0.338 e. The van der Waals surface area contributed by atoms with Crippen molar-refractivity contribution in [2.45, 2.75) is 26.2 Å². The lowest BCUT2D eigenvalue weighted by Gasteiger charge is -2.32. The van der Waals surface area contributed by atoms with Crippen molar-refractivity contribution in [2.75, 3.05) is 13.2 Å². The molecule has 1 aliphatic heterocycles. The first kappa shape index (κ1) is 21.7. The third-order valence-corrected chi connectivity index (χ3v) is 4.86. The molecule has 1 N–H and O–H groups in total. The zero-order valence-corrected chi connectivity index (χ0v) is 16.8. The van der Waals surface area contributed by atoms with Gasteiger partial charge >= 0.3 is 11.9 Å². The number of nitriles is 1. The molecular formula is C19H18Cl2N2O5. The van der Waals surface area contributed by atoms with Gasteiger partial charge in [0.1, 0.15) is 18.1 Å². The smallest absolute Gasteiger partial charge is 0.338 e. The number of benzene rings is 1. The van der Waals surface area contributed by atoms with Crippen LogP contribution in [0.1, 0.15) is 31.7 Å². The van der Waals surface area contributed by atoms with Crippen LogP contribution < -0.4 is 0 Å². The molecule has 2 rings (SSSR count). The number of esters is 2. The maximum absolute atomic E-state index is 12.7. The molecule has 0 spiro atoms. The molecule has 2 unspecified atom stereocenters. The van der Waals surface area contributed by atoms with Gasteiger partial charge in [0.15, 0.2) is 0 Å². The Hall–Kier alpha value is -2.56. The van der Waals surface area contributed by atoms with Gasteiger partial charge in [-0.25, -0.2) is 4.79 Å². The fourth-order valence-corrected chi connectivity index (χ4v) is 3.32. The zero-order valence-electron chi connectivity index (χ0n) is 15.3. The van der Waals surface area contributed by atoms with Crippen molar-refractivity contribution in [3.8, 4) is 6.07 Å². The number of halogens is 2. The number of ether oxygens (including phenoxy) is 3. The standard InChI is InChI=1S/C19H18Cl2N2O5/c1-3-26-14(24)8-13-16(19(25)27-4-2)15(11(9-22)18(23)28-13)10-6-5-7-12(20)17(10)21/h5-7,11,15,23H,3-4,8H2,1-2H3. The molecule has 1 aromatic carbocycles. The summed E-state index contributed by atoms with van der Waals surface area (Å²) >= 11 is 12.4. The summed E-state index contributed by atoms with van der Waals surface area (Å²) in [5.41, 5.74) is 0.305. The van der Waals surface area contributed by atoms with Gasteiger partial charge in [-0.3, -0.25) is 10.2 Å². The van der Waals surface area contributed by atoms with Gasteiger partial charge in [0.25, 0.3) is 0 Å². The third kappa shape index (κ3) is 4.46. The molecule has 1 heterocycles. The Morgan fingerprint density at radius 2 is 1.93 bits per heavy atom. The van der Waals surface area contributed by atoms with E-state index in [2.05, 4.69) is 0 Å². The first-order valence-electron chi connectivity index (χ1n) is 8.51. The highest BCUT2D eigenvalue weighted by Gasteiger charge is 2.43. The van der Waals surface area contributed by atoms with E-state index in [-0.39, 0.29) is 34.6 Å². The highest BCUT2D eigenvalue weighted by Crippen LogP contribution is 2.44. The molecule has 0 saturated heterocycles. The van der Waals surface area contributed by atoms with E-state index in [4.69, 9.17) is 42.8 Å². The number of nitrogens with one attached hydrogen (secondary N) is 1. The topological polar surface area (TPSA) is 109 Å². The average Bonchev–Trinajstić information content (AvgIpc) is 2.64. The number of hydrogen-bond acceptors (Lipinski definition) is 7. The SMILES string of the molecule is CCOC(=O)CC1=C(C(=O)OCC)C(c2cccc(Cl)c2Cl)C(C#N)C(=N)O1. The predicted octanol–water partition coefficient (Wildman–Crippen LogP) is 3.99. The van der Waals surface area contributed by atoms with Crippen molar-refractivity contribution >= 4 is 41.0 Å². The van der Waals surface area contributed by atoms with Crippen LogP contribution in [-0.2, 0) is 23.8 Å². The Balaban J connectivity index is 2.70. The Bertz CT molecular complexity index is 876. The first-order valence-corrected chi connectivity index (χ1v) is 9.26. The van der Waals surface area contributed by atoms with Crippen LogP contribution in [0.3, 0.4) is 0 Å². The predicted molar refractivity (Wildman–Crippen MR) is 102 cm³/mol. The lowest BCUT2D eigenvalue weighted by molar-refractivity contribution is -0.142. The zero-order chi connectivity index (χ0) is 20.8. The molecule has 1 aliphatic rings. The maximum atomic E-state index is 12.7. The molecule has 28 heavy (non-hydrogen) atoms. The molecule has 0 bridgehead atoms. The van der Waals surface area contributed by atoms with E-state index in [1.54, 1.807) is 32.0 Å². The van der Waals surface area contributed by atoms with Gasteiger partial charge in [0.05, 0.1) is 34.9 Å². The fourth-order valence-electron chi connectivity index (χ4n) is 2.90. The van der Waals surface area contributed by atoms with Gasteiger partial charge in [-0.05, 0) is 25.5 Å². The summed E-state index contributed by atoms with van der Waals surface area (Å²) in [4.78, 5) is 24.7. The second-order valence-electron chi connectivity index (χ2n) is 5.73. The van der Waals surface area contributed by atoms with Crippen LogP contribution in [0.5, 0.6) is 0 Å². The third-order valence-electron chi connectivity index (χ3n) is 4.02. The monoisotopic (exact) mass is 424 g/mol. The summed E-state index contributed by atoms with van der Waals surface area (Å²) in [6.07, 6.45) is -0.392. The van der Waals surface area contributed by atoms with E-state index in [9.17, 15) is 14.9 Å². The van der Waals surface area contributed by atoms with E-state index in [0.717, 1.165) is 0 Å². The Labute approximate surface area is 172 Å². The number of hydrogen-bond donors (Lipinski definition) is 1. The van der Waals surface area contributed by atoms with E-state index in [1.807, 2.05) is 6.07 Å². The van der Waals surface area contributed by atoms with Crippen LogP contribution >= 0.6 is 23.2 Å². The number of carbonyl (C=O) groups is 2. The van der Waals surface area contributed by atoms with Crippen LogP contribution in [0.15, 0.2) is 29.5 Å². The molecule has 0 fully saturated rings. The van der Waals surface area contributed by atoms with Crippen molar-refractivity contribution in [1.29, 1.82) is 10.7 Å². The highest BCUT2D eigenvalue weighted by molar-refractivity contribution is 6.42. The van der Waals surface area contributed by atoms with Gasteiger partial charge in [-0.2, -0.15) is 5.26 Å². The summed E-state index contributed by atoms with van der Waals surface area (Å²) < 4.78 is 15.4. The molecule has 2 atom stereocenters. The minimum absolute atomic E-state index is 0.0541. The van der Waals surface area contributed by atoms with E-state index < -0.39 is 36.1 Å². The summed E-state index contributed by atoms with van der Waals surface area (Å²) in [7, 11) is 0. The van der Waals surface area contributed by atoms with Gasteiger partial charge < -0.3 is 14.2 Å². The lowest BCUT2D eigenvalue weighted by atomic mass is 9.78. The summed E-state index contributed by atoms with van der Waals surface area (Å²) in [5, 5.41) is 18.1. The van der Waals surface area contributed by atoms with Crippen LogP contribution in [0.2, 0.25) is 10.0 Å². The molecule has 0 saturated carbocycles. The summed E-state index contributed by atoms with van der Waals surface area (Å²) in [6, 6.07) is 6.74. The van der Waals surface area contributed by atoms with Crippen molar-refractivity contribution < 1.29 is 23.8 Å². The molecule has 7 nitrogen and oxygen atoms in total. The molecule has 0 amide bonds.